The Bertz CT molecular complexity index is 601. The minimum absolute atomic E-state index is 0.197. The van der Waals surface area contributed by atoms with Crippen LogP contribution in [0.2, 0.25) is 0 Å². The van der Waals surface area contributed by atoms with Crippen molar-refractivity contribution < 1.29 is 9.18 Å². The number of benzene rings is 1. The number of halogens is 1. The second-order valence-corrected chi connectivity index (χ2v) is 4.56. The standard InChI is InChI=1S/C15H16FN3O/c1-19(9-6-11-4-7-18-8-5-11)15(20)13-10-12(16)2-3-14(13)17/h2-5,7-8,10H,6,9,17H2,1H3. The molecule has 0 saturated carbocycles. The van der Waals surface area contributed by atoms with E-state index in [4.69, 9.17) is 5.73 Å². The zero-order valence-electron chi connectivity index (χ0n) is 11.2. The van der Waals surface area contributed by atoms with Crippen LogP contribution >= 0.6 is 0 Å². The number of hydrogen-bond donors (Lipinski definition) is 1. The van der Waals surface area contributed by atoms with E-state index in [9.17, 15) is 9.18 Å². The molecule has 0 aliphatic carbocycles. The maximum atomic E-state index is 13.2. The molecule has 0 aliphatic heterocycles. The van der Waals surface area contributed by atoms with E-state index in [-0.39, 0.29) is 17.2 Å². The summed E-state index contributed by atoms with van der Waals surface area (Å²) in [6, 6.07) is 7.60. The molecule has 2 N–H and O–H groups in total. The first kappa shape index (κ1) is 14.0. The van der Waals surface area contributed by atoms with Crippen LogP contribution in [-0.4, -0.2) is 29.4 Å². The molecule has 104 valence electrons. The Morgan fingerprint density at radius 1 is 1.30 bits per heavy atom. The Labute approximate surface area is 117 Å². The normalized spacial score (nSPS) is 10.3. The van der Waals surface area contributed by atoms with Crippen LogP contribution < -0.4 is 5.73 Å². The third-order valence-electron chi connectivity index (χ3n) is 3.08. The maximum Gasteiger partial charge on any atom is 0.255 e. The topological polar surface area (TPSA) is 59.2 Å². The maximum absolute atomic E-state index is 13.2. The Balaban J connectivity index is 2.03. The van der Waals surface area contributed by atoms with Crippen molar-refractivity contribution in [3.63, 3.8) is 0 Å². The third-order valence-corrected chi connectivity index (χ3v) is 3.08. The molecule has 0 fully saturated rings. The molecule has 4 nitrogen and oxygen atoms in total. The lowest BCUT2D eigenvalue weighted by Crippen LogP contribution is -2.29. The molecule has 1 aromatic carbocycles. The summed E-state index contributed by atoms with van der Waals surface area (Å²) in [6.07, 6.45) is 4.13. The summed E-state index contributed by atoms with van der Waals surface area (Å²) in [6.45, 7) is 0.527. The Morgan fingerprint density at radius 2 is 2.00 bits per heavy atom. The molecule has 0 atom stereocenters. The minimum Gasteiger partial charge on any atom is -0.398 e. The Kier molecular flexibility index (Phi) is 4.30. The predicted molar refractivity (Wildman–Crippen MR) is 75.7 cm³/mol. The lowest BCUT2D eigenvalue weighted by atomic mass is 10.1. The van der Waals surface area contributed by atoms with E-state index in [0.717, 1.165) is 5.56 Å². The van der Waals surface area contributed by atoms with Gasteiger partial charge in [-0.05, 0) is 42.3 Å². The zero-order valence-corrected chi connectivity index (χ0v) is 11.2. The van der Waals surface area contributed by atoms with Gasteiger partial charge in [0.25, 0.3) is 5.91 Å². The van der Waals surface area contributed by atoms with Gasteiger partial charge in [-0.1, -0.05) is 0 Å². The van der Waals surface area contributed by atoms with Crippen molar-refractivity contribution in [2.75, 3.05) is 19.3 Å². The van der Waals surface area contributed by atoms with Gasteiger partial charge in [-0.3, -0.25) is 9.78 Å². The number of rotatable bonds is 4. The van der Waals surface area contributed by atoms with Crippen molar-refractivity contribution in [1.29, 1.82) is 0 Å². The lowest BCUT2D eigenvalue weighted by Gasteiger charge is -2.18. The van der Waals surface area contributed by atoms with E-state index < -0.39 is 5.82 Å². The van der Waals surface area contributed by atoms with Crippen molar-refractivity contribution in [3.8, 4) is 0 Å². The summed E-state index contributed by atoms with van der Waals surface area (Å²) in [5, 5.41) is 0. The number of nitrogens with two attached hydrogens (primary N) is 1. The fourth-order valence-corrected chi connectivity index (χ4v) is 1.87. The number of aromatic nitrogens is 1. The van der Waals surface area contributed by atoms with Crippen molar-refractivity contribution in [1.82, 2.24) is 9.88 Å². The quantitative estimate of drug-likeness (QED) is 0.868. The van der Waals surface area contributed by atoms with Gasteiger partial charge in [-0.25, -0.2) is 4.39 Å². The summed E-state index contributed by atoms with van der Waals surface area (Å²) in [5.74, 6) is -0.749. The molecule has 1 aromatic heterocycles. The first-order valence-electron chi connectivity index (χ1n) is 6.27. The van der Waals surface area contributed by atoms with E-state index in [2.05, 4.69) is 4.98 Å². The molecule has 0 radical (unpaired) electrons. The molecule has 0 unspecified atom stereocenters. The number of amides is 1. The highest BCUT2D eigenvalue weighted by Gasteiger charge is 2.15. The molecule has 2 aromatic rings. The van der Waals surface area contributed by atoms with Crippen LogP contribution in [0.4, 0.5) is 10.1 Å². The molecular formula is C15H16FN3O. The van der Waals surface area contributed by atoms with Crippen molar-refractivity contribution in [2.45, 2.75) is 6.42 Å². The van der Waals surface area contributed by atoms with Crippen LogP contribution in [0.25, 0.3) is 0 Å². The monoisotopic (exact) mass is 273 g/mol. The molecule has 1 heterocycles. The second kappa shape index (κ2) is 6.14. The molecule has 0 saturated heterocycles. The van der Waals surface area contributed by atoms with Crippen LogP contribution in [-0.2, 0) is 6.42 Å². The largest absolute Gasteiger partial charge is 0.398 e. The van der Waals surface area contributed by atoms with Gasteiger partial charge in [0, 0.05) is 31.7 Å². The summed E-state index contributed by atoms with van der Waals surface area (Å²) >= 11 is 0. The fourth-order valence-electron chi connectivity index (χ4n) is 1.87. The number of carbonyl (C=O) groups is 1. The summed E-state index contributed by atoms with van der Waals surface area (Å²) in [7, 11) is 1.67. The average molecular weight is 273 g/mol. The number of nitrogen functional groups attached to an aromatic ring is 1. The third kappa shape index (κ3) is 3.32. The van der Waals surface area contributed by atoms with Gasteiger partial charge in [0.2, 0.25) is 0 Å². The van der Waals surface area contributed by atoms with Crippen LogP contribution in [0.15, 0.2) is 42.7 Å². The number of nitrogens with zero attached hydrogens (tertiary/aromatic N) is 2. The number of hydrogen-bond acceptors (Lipinski definition) is 3. The fraction of sp³-hybridized carbons (Fsp3) is 0.200. The Morgan fingerprint density at radius 3 is 2.70 bits per heavy atom. The van der Waals surface area contributed by atoms with Crippen LogP contribution in [0.5, 0.6) is 0 Å². The lowest BCUT2D eigenvalue weighted by molar-refractivity contribution is 0.0797. The highest BCUT2D eigenvalue weighted by molar-refractivity contribution is 5.98. The molecule has 0 bridgehead atoms. The zero-order chi connectivity index (χ0) is 14.5. The number of pyridine rings is 1. The number of likely N-dealkylation sites (N-methyl/N-ethyl adjacent to an activating group) is 1. The van der Waals surface area contributed by atoms with Crippen molar-refractivity contribution in [2.24, 2.45) is 0 Å². The van der Waals surface area contributed by atoms with E-state index in [0.29, 0.717) is 13.0 Å². The van der Waals surface area contributed by atoms with Crippen LogP contribution in [0.1, 0.15) is 15.9 Å². The predicted octanol–water partition coefficient (Wildman–Crippen LogP) is 2.12. The number of anilines is 1. The van der Waals surface area contributed by atoms with Gasteiger partial charge in [-0.15, -0.1) is 0 Å². The average Bonchev–Trinajstić information content (AvgIpc) is 2.47. The Hall–Kier alpha value is -2.43. The first-order valence-corrected chi connectivity index (χ1v) is 6.27. The van der Waals surface area contributed by atoms with Gasteiger partial charge in [0.1, 0.15) is 5.82 Å². The molecular weight excluding hydrogens is 257 g/mol. The second-order valence-electron chi connectivity index (χ2n) is 4.56. The van der Waals surface area contributed by atoms with Gasteiger partial charge < -0.3 is 10.6 Å². The molecule has 2 rings (SSSR count). The van der Waals surface area contributed by atoms with Gasteiger partial charge in [0.05, 0.1) is 5.56 Å². The summed E-state index contributed by atoms with van der Waals surface area (Å²) < 4.78 is 13.2. The van der Waals surface area contributed by atoms with E-state index >= 15 is 0 Å². The summed E-state index contributed by atoms with van der Waals surface area (Å²) in [4.78, 5) is 17.7. The summed E-state index contributed by atoms with van der Waals surface area (Å²) in [5.41, 5.74) is 7.28. The smallest absolute Gasteiger partial charge is 0.255 e. The highest BCUT2D eigenvalue weighted by Crippen LogP contribution is 2.15. The van der Waals surface area contributed by atoms with E-state index in [1.807, 2.05) is 12.1 Å². The van der Waals surface area contributed by atoms with Crippen molar-refractivity contribution >= 4 is 11.6 Å². The van der Waals surface area contributed by atoms with Crippen LogP contribution in [0, 0.1) is 5.82 Å². The molecule has 20 heavy (non-hydrogen) atoms. The highest BCUT2D eigenvalue weighted by atomic mass is 19.1. The first-order chi connectivity index (χ1) is 9.58. The van der Waals surface area contributed by atoms with Gasteiger partial charge in [0.15, 0.2) is 0 Å². The SMILES string of the molecule is CN(CCc1ccncc1)C(=O)c1cc(F)ccc1N. The number of carbonyl (C=O) groups excluding carboxylic acids is 1. The van der Waals surface area contributed by atoms with Gasteiger partial charge >= 0.3 is 0 Å². The van der Waals surface area contributed by atoms with E-state index in [1.165, 1.54) is 23.1 Å². The molecule has 0 aliphatic rings. The van der Waals surface area contributed by atoms with E-state index in [1.54, 1.807) is 19.4 Å². The molecule has 5 heteroatoms. The van der Waals surface area contributed by atoms with Crippen LogP contribution in [0.3, 0.4) is 0 Å². The molecule has 0 spiro atoms. The minimum atomic E-state index is -0.468. The molecule has 1 amide bonds. The van der Waals surface area contributed by atoms with Gasteiger partial charge in [-0.2, -0.15) is 0 Å². The van der Waals surface area contributed by atoms with Crippen molar-refractivity contribution in [3.05, 3.63) is 59.7 Å².